The maximum atomic E-state index is 6.48. The van der Waals surface area contributed by atoms with Crippen molar-refractivity contribution in [2.24, 2.45) is 5.92 Å². The normalized spacial score (nSPS) is 34.3. The average molecular weight is 245 g/mol. The third-order valence-corrected chi connectivity index (χ3v) is 4.90. The monoisotopic (exact) mass is 245 g/mol. The summed E-state index contributed by atoms with van der Waals surface area (Å²) >= 11 is 0. The molecule has 3 unspecified atom stereocenters. The summed E-state index contributed by atoms with van der Waals surface area (Å²) in [5, 5.41) is 3.48. The molecule has 1 spiro atoms. The molecule has 2 nitrogen and oxygen atoms in total. The summed E-state index contributed by atoms with van der Waals surface area (Å²) in [7, 11) is 2.07. The molecule has 2 heteroatoms. The Kier molecular flexibility index (Phi) is 3.06. The number of benzene rings is 1. The van der Waals surface area contributed by atoms with Gasteiger partial charge in [-0.1, -0.05) is 25.1 Å². The first-order valence-corrected chi connectivity index (χ1v) is 7.24. The Labute approximate surface area is 110 Å². The van der Waals surface area contributed by atoms with Gasteiger partial charge in [-0.05, 0) is 44.7 Å². The second kappa shape index (κ2) is 4.58. The van der Waals surface area contributed by atoms with Crippen molar-refractivity contribution in [1.29, 1.82) is 0 Å². The van der Waals surface area contributed by atoms with Crippen molar-refractivity contribution in [2.75, 3.05) is 7.05 Å². The van der Waals surface area contributed by atoms with Gasteiger partial charge in [-0.3, -0.25) is 0 Å². The van der Waals surface area contributed by atoms with Gasteiger partial charge < -0.3 is 10.1 Å². The van der Waals surface area contributed by atoms with Crippen LogP contribution < -0.4 is 10.1 Å². The van der Waals surface area contributed by atoms with Crippen LogP contribution in [-0.2, 0) is 0 Å². The molecule has 1 aliphatic heterocycles. The molecule has 0 aromatic heterocycles. The first kappa shape index (κ1) is 12.0. The van der Waals surface area contributed by atoms with E-state index in [1.54, 1.807) is 0 Å². The fourth-order valence-corrected chi connectivity index (χ4v) is 3.93. The second-order valence-electron chi connectivity index (χ2n) is 5.75. The summed E-state index contributed by atoms with van der Waals surface area (Å²) < 4.78 is 6.48. The molecule has 18 heavy (non-hydrogen) atoms. The molecule has 2 aliphatic rings. The first-order chi connectivity index (χ1) is 8.79. The van der Waals surface area contributed by atoms with Gasteiger partial charge in [0.05, 0.1) is 0 Å². The van der Waals surface area contributed by atoms with Crippen LogP contribution in [-0.4, -0.2) is 12.6 Å². The number of nitrogens with one attached hydrogen (secondary N) is 1. The number of para-hydroxylation sites is 1. The van der Waals surface area contributed by atoms with E-state index in [2.05, 4.69) is 43.6 Å². The third kappa shape index (κ3) is 1.74. The Morgan fingerprint density at radius 3 is 3.00 bits per heavy atom. The van der Waals surface area contributed by atoms with Crippen LogP contribution in [0.25, 0.3) is 0 Å². The van der Waals surface area contributed by atoms with Crippen molar-refractivity contribution in [2.45, 2.75) is 50.7 Å². The lowest BCUT2D eigenvalue weighted by atomic mass is 9.79. The highest BCUT2D eigenvalue weighted by Gasteiger charge is 2.48. The van der Waals surface area contributed by atoms with E-state index in [-0.39, 0.29) is 5.60 Å². The van der Waals surface area contributed by atoms with Gasteiger partial charge in [-0.2, -0.15) is 0 Å². The Morgan fingerprint density at radius 2 is 2.22 bits per heavy atom. The third-order valence-electron chi connectivity index (χ3n) is 4.90. The van der Waals surface area contributed by atoms with Gasteiger partial charge in [-0.15, -0.1) is 0 Å². The van der Waals surface area contributed by atoms with E-state index in [1.807, 2.05) is 0 Å². The smallest absolute Gasteiger partial charge is 0.124 e. The van der Waals surface area contributed by atoms with Crippen LogP contribution in [0.5, 0.6) is 5.75 Å². The Bertz CT molecular complexity index is 431. The zero-order valence-corrected chi connectivity index (χ0v) is 11.4. The standard InChI is InChI=1S/C16H23NO/c1-3-12-7-6-10-16(12)11-14(17-2)13-8-4-5-9-15(13)18-16/h4-5,8-9,12,14,17H,3,6-7,10-11H2,1-2H3. The lowest BCUT2D eigenvalue weighted by molar-refractivity contribution is -0.00466. The highest BCUT2D eigenvalue weighted by Crippen LogP contribution is 2.50. The van der Waals surface area contributed by atoms with E-state index in [4.69, 9.17) is 4.74 Å². The van der Waals surface area contributed by atoms with Crippen LogP contribution in [0.1, 0.15) is 50.6 Å². The second-order valence-corrected chi connectivity index (χ2v) is 5.75. The maximum absolute atomic E-state index is 6.48. The van der Waals surface area contributed by atoms with Gasteiger partial charge in [0.15, 0.2) is 0 Å². The summed E-state index contributed by atoms with van der Waals surface area (Å²) in [4.78, 5) is 0. The van der Waals surface area contributed by atoms with E-state index in [0.717, 1.165) is 18.1 Å². The molecule has 0 amide bonds. The summed E-state index contributed by atoms with van der Waals surface area (Å²) in [5.74, 6) is 1.82. The molecule has 1 aromatic rings. The molecule has 1 saturated carbocycles. The average Bonchev–Trinajstić information content (AvgIpc) is 2.79. The van der Waals surface area contributed by atoms with Gasteiger partial charge in [0.1, 0.15) is 11.4 Å². The van der Waals surface area contributed by atoms with Gasteiger partial charge in [-0.25, -0.2) is 0 Å². The van der Waals surface area contributed by atoms with E-state index < -0.39 is 0 Å². The van der Waals surface area contributed by atoms with Gasteiger partial charge in [0.25, 0.3) is 0 Å². The first-order valence-electron chi connectivity index (χ1n) is 7.24. The minimum absolute atomic E-state index is 0.0940. The Balaban J connectivity index is 1.98. The zero-order valence-electron chi connectivity index (χ0n) is 11.4. The number of ether oxygens (including phenoxy) is 1. The fourth-order valence-electron chi connectivity index (χ4n) is 3.93. The van der Waals surface area contributed by atoms with Gasteiger partial charge in [0, 0.05) is 18.0 Å². The molecular formula is C16H23NO. The summed E-state index contributed by atoms with van der Waals surface area (Å²) in [6.07, 6.45) is 6.22. The highest BCUT2D eigenvalue weighted by atomic mass is 16.5. The number of hydrogen-bond acceptors (Lipinski definition) is 2. The van der Waals surface area contributed by atoms with E-state index in [9.17, 15) is 0 Å². The topological polar surface area (TPSA) is 21.3 Å². The molecule has 0 bridgehead atoms. The maximum Gasteiger partial charge on any atom is 0.124 e. The van der Waals surface area contributed by atoms with Crippen LogP contribution in [0.3, 0.4) is 0 Å². The zero-order chi connectivity index (χ0) is 12.6. The minimum atomic E-state index is 0.0940. The Morgan fingerprint density at radius 1 is 1.39 bits per heavy atom. The van der Waals surface area contributed by atoms with Crippen LogP contribution >= 0.6 is 0 Å². The van der Waals surface area contributed by atoms with Crippen molar-refractivity contribution in [3.8, 4) is 5.75 Å². The van der Waals surface area contributed by atoms with E-state index in [1.165, 1.54) is 31.2 Å². The van der Waals surface area contributed by atoms with Crippen LogP contribution in [0.4, 0.5) is 0 Å². The summed E-state index contributed by atoms with van der Waals surface area (Å²) in [6, 6.07) is 8.96. The molecule has 1 fully saturated rings. The Hall–Kier alpha value is -1.02. The SMILES string of the molecule is CCC1CCCC12CC(NC)c1ccccc1O2. The van der Waals surface area contributed by atoms with Crippen molar-refractivity contribution >= 4 is 0 Å². The molecule has 3 atom stereocenters. The van der Waals surface area contributed by atoms with Crippen LogP contribution in [0.2, 0.25) is 0 Å². The van der Waals surface area contributed by atoms with Crippen molar-refractivity contribution < 1.29 is 4.74 Å². The van der Waals surface area contributed by atoms with Crippen LogP contribution in [0, 0.1) is 5.92 Å². The number of hydrogen-bond donors (Lipinski definition) is 1. The lowest BCUT2D eigenvalue weighted by Crippen LogP contribution is -2.46. The molecule has 1 N–H and O–H groups in total. The molecule has 0 radical (unpaired) electrons. The molecular weight excluding hydrogens is 222 g/mol. The van der Waals surface area contributed by atoms with Gasteiger partial charge >= 0.3 is 0 Å². The van der Waals surface area contributed by atoms with E-state index in [0.29, 0.717) is 6.04 Å². The molecule has 3 rings (SSSR count). The lowest BCUT2D eigenvalue weighted by Gasteiger charge is -2.43. The quantitative estimate of drug-likeness (QED) is 0.858. The minimum Gasteiger partial charge on any atom is -0.487 e. The van der Waals surface area contributed by atoms with Crippen molar-refractivity contribution in [1.82, 2.24) is 5.32 Å². The van der Waals surface area contributed by atoms with Gasteiger partial charge in [0.2, 0.25) is 0 Å². The highest BCUT2D eigenvalue weighted by molar-refractivity contribution is 5.39. The summed E-state index contributed by atoms with van der Waals surface area (Å²) in [6.45, 7) is 2.30. The molecule has 0 saturated heterocycles. The fraction of sp³-hybridized carbons (Fsp3) is 0.625. The predicted molar refractivity (Wildman–Crippen MR) is 73.9 cm³/mol. The number of rotatable bonds is 2. The predicted octanol–water partition coefficient (Wildman–Crippen LogP) is 3.68. The molecule has 1 heterocycles. The van der Waals surface area contributed by atoms with Crippen molar-refractivity contribution in [3.05, 3.63) is 29.8 Å². The van der Waals surface area contributed by atoms with Crippen LogP contribution in [0.15, 0.2) is 24.3 Å². The molecule has 1 aliphatic carbocycles. The summed E-state index contributed by atoms with van der Waals surface area (Å²) in [5.41, 5.74) is 1.42. The van der Waals surface area contributed by atoms with E-state index >= 15 is 0 Å². The molecule has 98 valence electrons. The van der Waals surface area contributed by atoms with Crippen molar-refractivity contribution in [3.63, 3.8) is 0 Å². The number of fused-ring (bicyclic) bond motifs is 1. The molecule has 1 aromatic carbocycles. The largest absolute Gasteiger partial charge is 0.487 e.